The van der Waals surface area contributed by atoms with E-state index < -0.39 is 23.6 Å². The van der Waals surface area contributed by atoms with E-state index in [-0.39, 0.29) is 12.0 Å². The summed E-state index contributed by atoms with van der Waals surface area (Å²) in [6.07, 6.45) is 5.16. The van der Waals surface area contributed by atoms with Gasteiger partial charge in [-0.05, 0) is 64.5 Å². The lowest BCUT2D eigenvalue weighted by atomic mass is 9.71. The fourth-order valence-electron chi connectivity index (χ4n) is 8.55. The molecule has 9 rings (SSSR count). The minimum atomic E-state index is -1.45. The number of halogens is 3. The molecule has 0 amide bonds. The highest BCUT2D eigenvalue weighted by Crippen LogP contribution is 2.50. The number of piperidine rings is 3. The molecule has 4 nitrogen and oxygen atoms in total. The summed E-state index contributed by atoms with van der Waals surface area (Å²) < 4.78 is 56.9. The van der Waals surface area contributed by atoms with Crippen LogP contribution in [-0.2, 0) is 6.54 Å². The Morgan fingerprint density at radius 1 is 0.896 bits per heavy atom. The van der Waals surface area contributed by atoms with E-state index in [0.29, 0.717) is 28.3 Å². The van der Waals surface area contributed by atoms with Crippen molar-refractivity contribution in [2.45, 2.75) is 31.5 Å². The van der Waals surface area contributed by atoms with Crippen molar-refractivity contribution in [3.8, 4) is 11.5 Å². The molecule has 1 aromatic heterocycles. The number of pyridine rings is 1. The van der Waals surface area contributed by atoms with Crippen LogP contribution in [0.3, 0.4) is 0 Å². The fraction of sp³-hybridized carbons (Fsp3) is 0.244. The van der Waals surface area contributed by atoms with Crippen molar-refractivity contribution in [1.29, 1.82) is 0 Å². The van der Waals surface area contributed by atoms with Crippen molar-refractivity contribution < 1.29 is 27.1 Å². The highest BCUT2D eigenvalue weighted by molar-refractivity contribution is 6.10. The molecule has 2 bridgehead atoms. The minimum absolute atomic E-state index is 0.0989. The number of hydrogen-bond acceptors (Lipinski definition) is 3. The van der Waals surface area contributed by atoms with Gasteiger partial charge in [-0.2, -0.15) is 0 Å². The van der Waals surface area contributed by atoms with Crippen LogP contribution in [0.2, 0.25) is 0 Å². The molecule has 0 spiro atoms. The quantitative estimate of drug-likeness (QED) is 0.0715. The molecule has 0 aliphatic carbocycles. The molecule has 6 aromatic rings. The van der Waals surface area contributed by atoms with Crippen molar-refractivity contribution in [2.75, 3.05) is 20.2 Å². The Bertz CT molecular complexity index is 2180. The van der Waals surface area contributed by atoms with Gasteiger partial charge in [0.2, 0.25) is 0 Å². The molecule has 0 unspecified atom stereocenters. The number of rotatable bonds is 8. The molecule has 48 heavy (non-hydrogen) atoms. The van der Waals surface area contributed by atoms with Gasteiger partial charge in [-0.1, -0.05) is 54.6 Å². The van der Waals surface area contributed by atoms with Crippen LogP contribution in [0.1, 0.15) is 30.1 Å². The van der Waals surface area contributed by atoms with Crippen LogP contribution in [0.5, 0.6) is 11.5 Å². The lowest BCUT2D eigenvalue weighted by Crippen LogP contribution is -2.68. The van der Waals surface area contributed by atoms with Gasteiger partial charge in [0.25, 0.3) is 0 Å². The molecule has 3 aliphatic rings. The van der Waals surface area contributed by atoms with Crippen molar-refractivity contribution >= 4 is 32.4 Å². The van der Waals surface area contributed by atoms with Crippen molar-refractivity contribution in [3.63, 3.8) is 0 Å². The van der Waals surface area contributed by atoms with Crippen LogP contribution in [-0.4, -0.2) is 35.7 Å². The molecule has 0 radical (unpaired) electrons. The molecule has 3 aliphatic heterocycles. The Kier molecular flexibility index (Phi) is 7.60. The Labute approximate surface area is 277 Å². The van der Waals surface area contributed by atoms with E-state index in [2.05, 4.69) is 41.9 Å². The molecular formula is C41H36F3N2O2+. The maximum absolute atomic E-state index is 14.6. The second kappa shape index (κ2) is 12.0. The Balaban J connectivity index is 1.34. The summed E-state index contributed by atoms with van der Waals surface area (Å²) >= 11 is 0. The van der Waals surface area contributed by atoms with Crippen LogP contribution in [0, 0.1) is 29.3 Å². The van der Waals surface area contributed by atoms with Gasteiger partial charge in [-0.3, -0.25) is 4.98 Å². The SMILES string of the molecule is C=C[C@H]1C[N@+]2(Cc3cc(F)c(F)c(F)c3)CC[C@H]1C[C@@H]2[C@@H](Oc1cc2ccccc2c2ccccc12)c1ccnc2ccc(OC)cc12. The summed E-state index contributed by atoms with van der Waals surface area (Å²) in [6.45, 7) is 6.04. The van der Waals surface area contributed by atoms with E-state index in [1.165, 1.54) is 0 Å². The van der Waals surface area contributed by atoms with Gasteiger partial charge in [0.05, 0.1) is 25.7 Å². The molecule has 3 saturated heterocycles. The van der Waals surface area contributed by atoms with E-state index in [0.717, 1.165) is 81.8 Å². The number of quaternary nitrogens is 1. The lowest BCUT2D eigenvalue weighted by molar-refractivity contribution is -0.984. The minimum Gasteiger partial charge on any atom is -0.497 e. The Morgan fingerprint density at radius 2 is 1.65 bits per heavy atom. The first-order valence-electron chi connectivity index (χ1n) is 16.5. The van der Waals surface area contributed by atoms with Crippen LogP contribution in [0.15, 0.2) is 110 Å². The zero-order chi connectivity index (χ0) is 33.0. The second-order valence-corrected chi connectivity index (χ2v) is 13.4. The standard InChI is InChI=1S/C41H36F3N2O2/c1-3-26-24-46(23-25-18-35(42)40(44)36(43)19-25)17-15-27(26)20-38(46)41(33-14-16-45-37-13-12-29(47-2)22-34(33)37)48-39-21-28-8-4-5-9-30(28)31-10-6-7-11-32(31)39/h3-14,16,18-19,21-22,26-27,38,41H,1,15,17,20,23-24H2,2H3/q+1/t26-,27-,38+,41-,46+/m0/s1. The first-order valence-corrected chi connectivity index (χ1v) is 16.5. The van der Waals surface area contributed by atoms with Gasteiger partial charge in [0, 0.05) is 46.9 Å². The number of fused-ring (bicyclic) bond motifs is 7. The van der Waals surface area contributed by atoms with Gasteiger partial charge in [-0.25, -0.2) is 13.2 Å². The van der Waals surface area contributed by atoms with Crippen molar-refractivity contribution in [2.24, 2.45) is 11.8 Å². The number of methoxy groups -OCH3 is 1. The summed E-state index contributed by atoms with van der Waals surface area (Å²) in [5, 5.41) is 5.25. The van der Waals surface area contributed by atoms with E-state index in [4.69, 9.17) is 9.47 Å². The van der Waals surface area contributed by atoms with Crippen LogP contribution in [0.4, 0.5) is 13.2 Å². The molecule has 0 saturated carbocycles. The van der Waals surface area contributed by atoms with E-state index >= 15 is 0 Å². The van der Waals surface area contributed by atoms with Gasteiger partial charge >= 0.3 is 0 Å². The zero-order valence-electron chi connectivity index (χ0n) is 26.7. The Morgan fingerprint density at radius 3 is 2.42 bits per heavy atom. The van der Waals surface area contributed by atoms with Crippen molar-refractivity contribution in [3.05, 3.63) is 138 Å². The van der Waals surface area contributed by atoms with Crippen LogP contribution in [0.25, 0.3) is 32.4 Å². The van der Waals surface area contributed by atoms with Gasteiger partial charge in [-0.15, -0.1) is 6.58 Å². The lowest BCUT2D eigenvalue weighted by Gasteiger charge is -2.58. The molecule has 7 heteroatoms. The third kappa shape index (κ3) is 5.08. The summed E-state index contributed by atoms with van der Waals surface area (Å²) in [4.78, 5) is 4.68. The number of ether oxygens (including phenoxy) is 2. The van der Waals surface area contributed by atoms with Crippen LogP contribution < -0.4 is 9.47 Å². The summed E-state index contributed by atoms with van der Waals surface area (Å²) in [7, 11) is 1.65. The topological polar surface area (TPSA) is 31.4 Å². The van der Waals surface area contributed by atoms with Gasteiger partial charge in [0.1, 0.15) is 24.1 Å². The summed E-state index contributed by atoms with van der Waals surface area (Å²) in [5.74, 6) is -1.69. The maximum atomic E-state index is 14.6. The first-order chi connectivity index (χ1) is 23.4. The summed E-state index contributed by atoms with van der Waals surface area (Å²) in [5.41, 5.74) is 2.22. The normalized spacial score (nSPS) is 22.6. The zero-order valence-corrected chi connectivity index (χ0v) is 26.7. The highest BCUT2D eigenvalue weighted by atomic mass is 19.2. The van der Waals surface area contributed by atoms with Crippen molar-refractivity contribution in [1.82, 2.24) is 4.98 Å². The third-order valence-corrected chi connectivity index (χ3v) is 10.8. The largest absolute Gasteiger partial charge is 0.497 e. The first kappa shape index (κ1) is 30.5. The van der Waals surface area contributed by atoms with Gasteiger partial charge < -0.3 is 14.0 Å². The van der Waals surface area contributed by atoms with E-state index in [1.807, 2.05) is 60.8 Å². The average molecular weight is 646 g/mol. The number of aromatic nitrogens is 1. The van der Waals surface area contributed by atoms with E-state index in [9.17, 15) is 13.2 Å². The number of nitrogens with zero attached hydrogens (tertiary/aromatic N) is 2. The summed E-state index contributed by atoms with van der Waals surface area (Å²) in [6, 6.07) is 28.8. The van der Waals surface area contributed by atoms with E-state index in [1.54, 1.807) is 7.11 Å². The highest BCUT2D eigenvalue weighted by Gasteiger charge is 2.55. The third-order valence-electron chi connectivity index (χ3n) is 10.8. The average Bonchev–Trinajstić information content (AvgIpc) is 3.12. The molecule has 4 heterocycles. The van der Waals surface area contributed by atoms with Gasteiger partial charge in [0.15, 0.2) is 23.6 Å². The Hall–Kier alpha value is -4.88. The number of benzene rings is 5. The maximum Gasteiger partial charge on any atom is 0.194 e. The second-order valence-electron chi connectivity index (χ2n) is 13.4. The van der Waals surface area contributed by atoms with Crippen LogP contribution >= 0.6 is 0 Å². The predicted octanol–water partition coefficient (Wildman–Crippen LogP) is 9.70. The molecule has 5 atom stereocenters. The fourth-order valence-corrected chi connectivity index (χ4v) is 8.55. The smallest absolute Gasteiger partial charge is 0.194 e. The molecule has 3 fully saturated rings. The monoisotopic (exact) mass is 645 g/mol. The molecular weight excluding hydrogens is 609 g/mol. The molecule has 5 aromatic carbocycles. The molecule has 0 N–H and O–H groups in total. The predicted molar refractivity (Wildman–Crippen MR) is 183 cm³/mol. The molecule has 242 valence electrons. The number of hydrogen-bond donors (Lipinski definition) is 0.